The number of hydrogen-bond acceptors (Lipinski definition) is 3. The molecular formula is C13H8Cl2OS2. The van der Waals surface area contributed by atoms with Crippen LogP contribution in [0.25, 0.3) is 0 Å². The van der Waals surface area contributed by atoms with E-state index >= 15 is 0 Å². The van der Waals surface area contributed by atoms with Crippen LogP contribution in [0.15, 0.2) is 53.4 Å². The van der Waals surface area contributed by atoms with E-state index in [1.165, 1.54) is 21.6 Å². The Labute approximate surface area is 123 Å². The summed E-state index contributed by atoms with van der Waals surface area (Å²) in [6.07, 6.45) is 0. The van der Waals surface area contributed by atoms with E-state index in [1.807, 2.05) is 30.3 Å². The van der Waals surface area contributed by atoms with Crippen LogP contribution in [0.2, 0.25) is 10.0 Å². The van der Waals surface area contributed by atoms with Crippen molar-refractivity contribution in [2.24, 2.45) is 0 Å². The molecule has 92 valence electrons. The van der Waals surface area contributed by atoms with Crippen molar-refractivity contribution in [1.29, 1.82) is 0 Å². The summed E-state index contributed by atoms with van der Waals surface area (Å²) in [4.78, 5) is 13.0. The van der Waals surface area contributed by atoms with Crippen molar-refractivity contribution in [2.75, 3.05) is 0 Å². The minimum atomic E-state index is -0.0394. The van der Waals surface area contributed by atoms with Crippen LogP contribution in [0, 0.1) is 0 Å². The first-order valence-corrected chi connectivity index (χ1v) is 7.96. The quantitative estimate of drug-likeness (QED) is 0.689. The number of carbonyl (C=O) groups excluding carboxylic acids is 1. The monoisotopic (exact) mass is 314 g/mol. The number of rotatable bonds is 3. The normalized spacial score (nSPS) is 10.3. The summed E-state index contributed by atoms with van der Waals surface area (Å²) in [6, 6.07) is 14.6. The van der Waals surface area contributed by atoms with Crippen LogP contribution < -0.4 is 0 Å². The van der Waals surface area contributed by atoms with Crippen molar-refractivity contribution in [1.82, 2.24) is 0 Å². The van der Waals surface area contributed by atoms with E-state index in [4.69, 9.17) is 23.2 Å². The van der Waals surface area contributed by atoms with E-state index in [0.717, 1.165) is 4.90 Å². The van der Waals surface area contributed by atoms with Crippen molar-refractivity contribution in [2.45, 2.75) is 4.90 Å². The van der Waals surface area contributed by atoms with Gasteiger partial charge in [0.05, 0.1) is 10.0 Å². The molecule has 2 aromatic carbocycles. The Kier molecular flexibility index (Phi) is 5.01. The van der Waals surface area contributed by atoms with Crippen LogP contribution in [-0.2, 0) is 0 Å². The second-order valence-electron chi connectivity index (χ2n) is 3.40. The van der Waals surface area contributed by atoms with Crippen LogP contribution in [-0.4, -0.2) is 5.12 Å². The number of hydrogen-bond donors (Lipinski definition) is 0. The lowest BCUT2D eigenvalue weighted by Gasteiger charge is -2.02. The summed E-state index contributed by atoms with van der Waals surface area (Å²) in [7, 11) is 2.60. The highest BCUT2D eigenvalue weighted by atomic mass is 35.5. The molecule has 1 nitrogen and oxygen atoms in total. The van der Waals surface area contributed by atoms with Gasteiger partial charge in [-0.05, 0) is 51.9 Å². The molecule has 18 heavy (non-hydrogen) atoms. The molecule has 0 amide bonds. The molecule has 0 radical (unpaired) electrons. The SMILES string of the molecule is O=C(SSc1ccccc1)c1ccc(Cl)c(Cl)c1. The Morgan fingerprint density at radius 3 is 2.33 bits per heavy atom. The zero-order valence-corrected chi connectivity index (χ0v) is 12.2. The number of halogens is 2. The standard InChI is InChI=1S/C13H8Cl2OS2/c14-11-7-6-9(8-12(11)15)13(16)18-17-10-4-2-1-3-5-10/h1-8H. The first-order valence-electron chi connectivity index (χ1n) is 5.06. The maximum absolute atomic E-state index is 11.9. The van der Waals surface area contributed by atoms with Gasteiger partial charge >= 0.3 is 0 Å². The Bertz CT molecular complexity index is 558. The molecule has 0 aliphatic rings. The van der Waals surface area contributed by atoms with Crippen LogP contribution in [0.4, 0.5) is 0 Å². The smallest absolute Gasteiger partial charge is 0.230 e. The molecule has 0 saturated carbocycles. The van der Waals surface area contributed by atoms with Crippen LogP contribution >= 0.6 is 44.8 Å². The Morgan fingerprint density at radius 2 is 1.67 bits per heavy atom. The Hall–Kier alpha value is -0.610. The van der Waals surface area contributed by atoms with Gasteiger partial charge in [0, 0.05) is 10.5 Å². The van der Waals surface area contributed by atoms with Gasteiger partial charge in [0.2, 0.25) is 5.12 Å². The molecule has 0 bridgehead atoms. The third-order valence-electron chi connectivity index (χ3n) is 2.11. The summed E-state index contributed by atoms with van der Waals surface area (Å²) in [5.41, 5.74) is 0.554. The highest BCUT2D eigenvalue weighted by Gasteiger charge is 2.09. The minimum absolute atomic E-state index is 0.0394. The molecule has 0 heterocycles. The number of carbonyl (C=O) groups is 1. The average Bonchev–Trinajstić information content (AvgIpc) is 2.40. The van der Waals surface area contributed by atoms with Crippen LogP contribution in [0.5, 0.6) is 0 Å². The van der Waals surface area contributed by atoms with E-state index < -0.39 is 0 Å². The second-order valence-corrected chi connectivity index (χ2v) is 6.39. The molecule has 0 aliphatic carbocycles. The Balaban J connectivity index is 2.02. The van der Waals surface area contributed by atoms with E-state index in [2.05, 4.69) is 0 Å². The van der Waals surface area contributed by atoms with Gasteiger partial charge in [0.1, 0.15) is 0 Å². The fourth-order valence-corrected chi connectivity index (χ4v) is 3.33. The molecule has 0 aliphatic heterocycles. The summed E-state index contributed by atoms with van der Waals surface area (Å²) < 4.78 is 0. The molecule has 2 aromatic rings. The molecule has 5 heteroatoms. The van der Waals surface area contributed by atoms with E-state index in [0.29, 0.717) is 15.6 Å². The van der Waals surface area contributed by atoms with Gasteiger partial charge in [-0.15, -0.1) is 0 Å². The largest absolute Gasteiger partial charge is 0.281 e. The van der Waals surface area contributed by atoms with Crippen molar-refractivity contribution >= 4 is 49.9 Å². The molecule has 0 atom stereocenters. The summed E-state index contributed by atoms with van der Waals surface area (Å²) in [5, 5.41) is 0.809. The van der Waals surface area contributed by atoms with Gasteiger partial charge in [-0.3, -0.25) is 4.79 Å². The van der Waals surface area contributed by atoms with Gasteiger partial charge < -0.3 is 0 Å². The zero-order chi connectivity index (χ0) is 13.0. The topological polar surface area (TPSA) is 17.1 Å². The summed E-state index contributed by atoms with van der Waals surface area (Å²) in [5.74, 6) is 0. The third-order valence-corrected chi connectivity index (χ3v) is 5.07. The van der Waals surface area contributed by atoms with Crippen molar-refractivity contribution in [3.05, 3.63) is 64.1 Å². The average molecular weight is 315 g/mol. The predicted molar refractivity (Wildman–Crippen MR) is 80.7 cm³/mol. The molecule has 0 fully saturated rings. The second kappa shape index (κ2) is 6.53. The summed E-state index contributed by atoms with van der Waals surface area (Å²) >= 11 is 11.7. The molecule has 0 N–H and O–H groups in total. The Morgan fingerprint density at radius 1 is 0.944 bits per heavy atom. The summed E-state index contributed by atoms with van der Waals surface area (Å²) in [6.45, 7) is 0. The number of benzene rings is 2. The van der Waals surface area contributed by atoms with Gasteiger partial charge in [-0.25, -0.2) is 0 Å². The van der Waals surface area contributed by atoms with Gasteiger partial charge in [0.25, 0.3) is 0 Å². The lowest BCUT2D eigenvalue weighted by atomic mass is 10.2. The van der Waals surface area contributed by atoms with Gasteiger partial charge in [0.15, 0.2) is 0 Å². The molecular weight excluding hydrogens is 307 g/mol. The fraction of sp³-hybridized carbons (Fsp3) is 0. The molecule has 0 saturated heterocycles. The molecule has 0 unspecified atom stereocenters. The molecule has 0 aromatic heterocycles. The van der Waals surface area contributed by atoms with Gasteiger partial charge in [-0.2, -0.15) is 0 Å². The highest BCUT2D eigenvalue weighted by molar-refractivity contribution is 8.82. The van der Waals surface area contributed by atoms with Crippen molar-refractivity contribution < 1.29 is 4.79 Å². The maximum Gasteiger partial charge on any atom is 0.230 e. The minimum Gasteiger partial charge on any atom is -0.281 e. The third kappa shape index (κ3) is 3.69. The maximum atomic E-state index is 11.9. The van der Waals surface area contributed by atoms with Crippen molar-refractivity contribution in [3.8, 4) is 0 Å². The van der Waals surface area contributed by atoms with Crippen molar-refractivity contribution in [3.63, 3.8) is 0 Å². The zero-order valence-electron chi connectivity index (χ0n) is 9.10. The highest BCUT2D eigenvalue weighted by Crippen LogP contribution is 2.34. The predicted octanol–water partition coefficient (Wildman–Crippen LogP) is 5.57. The van der Waals surface area contributed by atoms with Crippen LogP contribution in [0.1, 0.15) is 10.4 Å². The van der Waals surface area contributed by atoms with Gasteiger partial charge in [-0.1, -0.05) is 41.4 Å². The lowest BCUT2D eigenvalue weighted by Crippen LogP contribution is -1.90. The molecule has 2 rings (SSSR count). The lowest BCUT2D eigenvalue weighted by molar-refractivity contribution is 0.109. The first-order chi connectivity index (χ1) is 8.66. The van der Waals surface area contributed by atoms with E-state index in [9.17, 15) is 4.79 Å². The van der Waals surface area contributed by atoms with Crippen LogP contribution in [0.3, 0.4) is 0 Å². The first kappa shape index (κ1) is 13.8. The van der Waals surface area contributed by atoms with E-state index in [1.54, 1.807) is 18.2 Å². The molecule has 0 spiro atoms. The fourth-order valence-electron chi connectivity index (χ4n) is 1.23. The van der Waals surface area contributed by atoms with E-state index in [-0.39, 0.29) is 5.12 Å².